The summed E-state index contributed by atoms with van der Waals surface area (Å²) in [4.78, 5) is 12.7. The predicted octanol–water partition coefficient (Wildman–Crippen LogP) is 1.27. The Morgan fingerprint density at radius 1 is 0.926 bits per heavy atom. The maximum Gasteiger partial charge on any atom is 0.183 e. The molecule has 0 aliphatic carbocycles. The Bertz CT molecular complexity index is 979. The summed E-state index contributed by atoms with van der Waals surface area (Å²) in [5.41, 5.74) is 2.34. The van der Waals surface area contributed by atoms with Gasteiger partial charge >= 0.3 is 0 Å². The van der Waals surface area contributed by atoms with Gasteiger partial charge < -0.3 is 9.80 Å². The number of rotatable bonds is 3. The third kappa shape index (κ3) is 3.29. The molecule has 0 unspecified atom stereocenters. The van der Waals surface area contributed by atoms with Gasteiger partial charge in [-0.05, 0) is 32.0 Å². The van der Waals surface area contributed by atoms with E-state index in [1.807, 2.05) is 32.0 Å². The van der Waals surface area contributed by atoms with Crippen molar-refractivity contribution >= 4 is 11.6 Å². The monoisotopic (exact) mass is 361 g/mol. The van der Waals surface area contributed by atoms with Gasteiger partial charge in [0.15, 0.2) is 23.1 Å². The molecule has 1 saturated heterocycles. The van der Waals surface area contributed by atoms with Crippen LogP contribution in [0.3, 0.4) is 0 Å². The fourth-order valence-corrected chi connectivity index (χ4v) is 3.25. The molecule has 0 N–H and O–H groups in total. The highest BCUT2D eigenvalue weighted by Crippen LogP contribution is 2.19. The Morgan fingerprint density at radius 2 is 1.59 bits per heavy atom. The molecule has 4 rings (SSSR count). The van der Waals surface area contributed by atoms with Crippen LogP contribution in [0, 0.1) is 25.2 Å². The Balaban J connectivity index is 1.46. The van der Waals surface area contributed by atoms with Crippen molar-refractivity contribution in [1.82, 2.24) is 29.9 Å². The largest absolute Gasteiger partial charge is 0.352 e. The quantitative estimate of drug-likeness (QED) is 0.687. The van der Waals surface area contributed by atoms with E-state index in [-0.39, 0.29) is 0 Å². The molecule has 0 radical (unpaired) electrons. The Hall–Kier alpha value is -3.54. The van der Waals surface area contributed by atoms with Gasteiger partial charge in [-0.3, -0.25) is 0 Å². The van der Waals surface area contributed by atoms with Crippen molar-refractivity contribution in [3.8, 4) is 11.9 Å². The lowest BCUT2D eigenvalue weighted by molar-refractivity contribution is 0.635. The van der Waals surface area contributed by atoms with E-state index >= 15 is 0 Å². The molecule has 3 aromatic heterocycles. The molecule has 136 valence electrons. The molecule has 4 heterocycles. The van der Waals surface area contributed by atoms with Crippen LogP contribution in [0.15, 0.2) is 30.6 Å². The van der Waals surface area contributed by atoms with Gasteiger partial charge in [-0.2, -0.15) is 10.4 Å². The summed E-state index contributed by atoms with van der Waals surface area (Å²) in [6, 6.07) is 8.02. The molecule has 0 amide bonds. The second-order valence-electron chi connectivity index (χ2n) is 6.40. The predicted molar refractivity (Wildman–Crippen MR) is 99.8 cm³/mol. The zero-order chi connectivity index (χ0) is 18.8. The molecular formula is C18H19N9. The van der Waals surface area contributed by atoms with Crippen LogP contribution in [0.5, 0.6) is 0 Å². The van der Waals surface area contributed by atoms with Crippen LogP contribution in [0.1, 0.15) is 17.1 Å². The SMILES string of the molecule is Cc1cc(C)n(-c2ccc(N3CCN(c4nccnc4C#N)CC3)nn2)n1. The first-order valence-corrected chi connectivity index (χ1v) is 8.74. The molecule has 1 aliphatic heterocycles. The molecule has 3 aromatic rings. The number of anilines is 2. The molecule has 0 spiro atoms. The minimum absolute atomic E-state index is 0.361. The molecule has 0 bridgehead atoms. The van der Waals surface area contributed by atoms with Gasteiger partial charge in [0.1, 0.15) is 6.07 Å². The molecule has 1 aliphatic rings. The van der Waals surface area contributed by atoms with Crippen LogP contribution in [-0.4, -0.2) is 56.1 Å². The fraction of sp³-hybridized carbons (Fsp3) is 0.333. The van der Waals surface area contributed by atoms with E-state index in [2.05, 4.69) is 41.1 Å². The first kappa shape index (κ1) is 16.9. The van der Waals surface area contributed by atoms with Crippen LogP contribution >= 0.6 is 0 Å². The van der Waals surface area contributed by atoms with Crippen molar-refractivity contribution in [2.24, 2.45) is 0 Å². The van der Waals surface area contributed by atoms with Crippen LogP contribution in [0.25, 0.3) is 5.82 Å². The van der Waals surface area contributed by atoms with E-state index in [1.165, 1.54) is 6.20 Å². The summed E-state index contributed by atoms with van der Waals surface area (Å²) in [7, 11) is 0. The van der Waals surface area contributed by atoms with Gasteiger partial charge in [-0.1, -0.05) is 0 Å². The van der Waals surface area contributed by atoms with E-state index in [0.717, 1.165) is 43.4 Å². The van der Waals surface area contributed by atoms with Crippen molar-refractivity contribution in [1.29, 1.82) is 5.26 Å². The number of nitriles is 1. The number of hydrogen-bond donors (Lipinski definition) is 0. The number of hydrogen-bond acceptors (Lipinski definition) is 8. The molecule has 9 nitrogen and oxygen atoms in total. The lowest BCUT2D eigenvalue weighted by atomic mass is 10.3. The van der Waals surface area contributed by atoms with Crippen LogP contribution in [0.2, 0.25) is 0 Å². The Kier molecular flexibility index (Phi) is 4.38. The van der Waals surface area contributed by atoms with Crippen molar-refractivity contribution in [2.75, 3.05) is 36.0 Å². The highest BCUT2D eigenvalue weighted by atomic mass is 15.4. The van der Waals surface area contributed by atoms with E-state index in [0.29, 0.717) is 17.3 Å². The minimum atomic E-state index is 0.361. The van der Waals surface area contributed by atoms with Gasteiger partial charge in [-0.25, -0.2) is 14.6 Å². The summed E-state index contributed by atoms with van der Waals surface area (Å²) >= 11 is 0. The van der Waals surface area contributed by atoms with Gasteiger partial charge in [0.25, 0.3) is 0 Å². The van der Waals surface area contributed by atoms with Crippen LogP contribution in [0.4, 0.5) is 11.6 Å². The summed E-state index contributed by atoms with van der Waals surface area (Å²) in [5, 5.41) is 22.4. The van der Waals surface area contributed by atoms with Gasteiger partial charge in [0.2, 0.25) is 0 Å². The topological polar surface area (TPSA) is 99.7 Å². The summed E-state index contributed by atoms with van der Waals surface area (Å²) in [5.74, 6) is 2.19. The Labute approximate surface area is 156 Å². The van der Waals surface area contributed by atoms with Crippen LogP contribution in [-0.2, 0) is 0 Å². The molecule has 27 heavy (non-hydrogen) atoms. The molecule has 0 saturated carbocycles. The van der Waals surface area contributed by atoms with E-state index in [1.54, 1.807) is 10.9 Å². The number of aromatic nitrogens is 6. The van der Waals surface area contributed by atoms with E-state index < -0.39 is 0 Å². The third-order valence-electron chi connectivity index (χ3n) is 4.55. The van der Waals surface area contributed by atoms with E-state index in [4.69, 9.17) is 0 Å². The minimum Gasteiger partial charge on any atom is -0.352 e. The van der Waals surface area contributed by atoms with E-state index in [9.17, 15) is 5.26 Å². The second-order valence-corrected chi connectivity index (χ2v) is 6.40. The zero-order valence-corrected chi connectivity index (χ0v) is 15.2. The van der Waals surface area contributed by atoms with Gasteiger partial charge in [0.05, 0.1) is 5.69 Å². The zero-order valence-electron chi connectivity index (χ0n) is 15.2. The average molecular weight is 361 g/mol. The lowest BCUT2D eigenvalue weighted by Crippen LogP contribution is -2.47. The molecule has 9 heteroatoms. The standard InChI is InChI=1S/C18H19N9/c1-13-11-14(2)27(24-13)17-4-3-16(22-23-17)25-7-9-26(10-8-25)18-15(12-19)20-5-6-21-18/h3-6,11H,7-10H2,1-2H3. The number of aryl methyl sites for hydroxylation is 2. The Morgan fingerprint density at radius 3 is 2.22 bits per heavy atom. The number of piperazine rings is 1. The van der Waals surface area contributed by atoms with Gasteiger partial charge in [-0.15, -0.1) is 10.2 Å². The second kappa shape index (κ2) is 6.99. The first-order chi connectivity index (χ1) is 13.2. The highest BCUT2D eigenvalue weighted by molar-refractivity contribution is 5.51. The van der Waals surface area contributed by atoms with Crippen molar-refractivity contribution in [3.63, 3.8) is 0 Å². The van der Waals surface area contributed by atoms with Gasteiger partial charge in [0, 0.05) is 44.3 Å². The molecule has 1 fully saturated rings. The molecule has 0 atom stereocenters. The molecule has 0 aromatic carbocycles. The maximum atomic E-state index is 9.21. The lowest BCUT2D eigenvalue weighted by Gasteiger charge is -2.35. The number of nitrogens with zero attached hydrogens (tertiary/aromatic N) is 9. The average Bonchev–Trinajstić information content (AvgIpc) is 3.06. The fourth-order valence-electron chi connectivity index (χ4n) is 3.25. The normalized spacial score (nSPS) is 14.3. The highest BCUT2D eigenvalue weighted by Gasteiger charge is 2.22. The third-order valence-corrected chi connectivity index (χ3v) is 4.55. The first-order valence-electron chi connectivity index (χ1n) is 8.74. The summed E-state index contributed by atoms with van der Waals surface area (Å²) in [6.45, 7) is 6.99. The van der Waals surface area contributed by atoms with Crippen molar-refractivity contribution < 1.29 is 0 Å². The summed E-state index contributed by atoms with van der Waals surface area (Å²) in [6.07, 6.45) is 3.16. The van der Waals surface area contributed by atoms with Crippen LogP contribution < -0.4 is 9.80 Å². The smallest absolute Gasteiger partial charge is 0.183 e. The van der Waals surface area contributed by atoms with Crippen molar-refractivity contribution in [2.45, 2.75) is 13.8 Å². The van der Waals surface area contributed by atoms with Crippen molar-refractivity contribution in [3.05, 3.63) is 47.7 Å². The summed E-state index contributed by atoms with van der Waals surface area (Å²) < 4.78 is 1.79. The molecular weight excluding hydrogens is 342 g/mol. The maximum absolute atomic E-state index is 9.21.